The van der Waals surface area contributed by atoms with Crippen LogP contribution in [0.25, 0.3) is 0 Å². The van der Waals surface area contributed by atoms with E-state index in [1.165, 1.54) is 4.90 Å². The van der Waals surface area contributed by atoms with Gasteiger partial charge in [-0.1, -0.05) is 20.8 Å². The summed E-state index contributed by atoms with van der Waals surface area (Å²) in [6.45, 7) is 5.42. The van der Waals surface area contributed by atoms with Gasteiger partial charge in [-0.25, -0.2) is 4.90 Å². The van der Waals surface area contributed by atoms with Gasteiger partial charge in [-0.3, -0.25) is 9.11 Å². The molecule has 112 valence electrons. The van der Waals surface area contributed by atoms with Crippen LogP contribution in [-0.4, -0.2) is 56.4 Å². The Hall–Kier alpha value is -0.290. The first-order chi connectivity index (χ1) is 8.08. The Bertz CT molecular complexity index is 264. The number of hydrogen-bond acceptors (Lipinski definition) is 6. The predicted molar refractivity (Wildman–Crippen MR) is 64.9 cm³/mol. The Labute approximate surface area is 107 Å². The molecule has 0 aromatic carbocycles. The van der Waals surface area contributed by atoms with Crippen molar-refractivity contribution in [2.45, 2.75) is 58.7 Å². The summed E-state index contributed by atoms with van der Waals surface area (Å²) in [7, 11) is -4.67. The Morgan fingerprint density at radius 1 is 0.833 bits per heavy atom. The maximum atomic E-state index is 9.53. The molecular weight excluding hydrogens is 266 g/mol. The van der Waals surface area contributed by atoms with Gasteiger partial charge < -0.3 is 15.3 Å². The van der Waals surface area contributed by atoms with Gasteiger partial charge in [-0.05, 0) is 19.3 Å². The third-order valence-electron chi connectivity index (χ3n) is 2.13. The summed E-state index contributed by atoms with van der Waals surface area (Å²) < 4.78 is 31.6. The summed E-state index contributed by atoms with van der Waals surface area (Å²) in [6, 6.07) is 0. The fourth-order valence-electron chi connectivity index (χ4n) is 1.23. The topological polar surface area (TPSA) is 139 Å². The minimum Gasteiger partial charge on any atom is -0.378 e. The van der Waals surface area contributed by atoms with E-state index in [1.807, 2.05) is 20.8 Å². The molecule has 0 amide bonds. The summed E-state index contributed by atoms with van der Waals surface area (Å²) in [5.74, 6) is 0. The molecular formula is C9H23NO7S. The summed E-state index contributed by atoms with van der Waals surface area (Å²) in [4.78, 5) is 1.33. The zero-order chi connectivity index (χ0) is 14.9. The molecule has 5 N–H and O–H groups in total. The van der Waals surface area contributed by atoms with E-state index in [4.69, 9.17) is 17.5 Å². The van der Waals surface area contributed by atoms with Gasteiger partial charge in [0.1, 0.15) is 18.7 Å². The minimum absolute atomic E-state index is 0.494. The second-order valence-electron chi connectivity index (χ2n) is 3.56. The minimum atomic E-state index is -4.67. The Morgan fingerprint density at radius 3 is 1.11 bits per heavy atom. The Kier molecular flexibility index (Phi) is 10.7. The molecule has 8 nitrogen and oxygen atoms in total. The molecule has 3 atom stereocenters. The molecule has 0 bridgehead atoms. The lowest BCUT2D eigenvalue weighted by Gasteiger charge is -2.34. The van der Waals surface area contributed by atoms with E-state index in [9.17, 15) is 15.3 Å². The van der Waals surface area contributed by atoms with E-state index < -0.39 is 29.1 Å². The molecule has 0 aliphatic carbocycles. The zero-order valence-electron chi connectivity index (χ0n) is 10.8. The van der Waals surface area contributed by atoms with Crippen LogP contribution in [0.4, 0.5) is 0 Å². The first-order valence-corrected chi connectivity index (χ1v) is 6.99. The van der Waals surface area contributed by atoms with E-state index in [1.54, 1.807) is 0 Å². The molecule has 0 saturated carbocycles. The van der Waals surface area contributed by atoms with Crippen LogP contribution in [0.2, 0.25) is 0 Å². The highest BCUT2D eigenvalue weighted by molar-refractivity contribution is 7.79. The monoisotopic (exact) mass is 289 g/mol. The number of hydrogen-bond donors (Lipinski definition) is 5. The van der Waals surface area contributed by atoms with Crippen LogP contribution in [0.1, 0.15) is 40.0 Å². The van der Waals surface area contributed by atoms with Crippen LogP contribution in [0.15, 0.2) is 0 Å². The van der Waals surface area contributed by atoms with E-state index in [-0.39, 0.29) is 0 Å². The molecule has 0 saturated heterocycles. The maximum absolute atomic E-state index is 9.53. The smallest absolute Gasteiger partial charge is 0.378 e. The second kappa shape index (κ2) is 9.62. The predicted octanol–water partition coefficient (Wildman–Crippen LogP) is -0.179. The lowest BCUT2D eigenvalue weighted by Crippen LogP contribution is -2.49. The lowest BCUT2D eigenvalue weighted by atomic mass is 10.2. The van der Waals surface area contributed by atoms with E-state index in [0.29, 0.717) is 19.3 Å². The molecule has 9 heteroatoms. The van der Waals surface area contributed by atoms with Gasteiger partial charge in [0.15, 0.2) is 0 Å². The number of rotatable bonds is 6. The molecule has 0 heterocycles. The summed E-state index contributed by atoms with van der Waals surface area (Å²) >= 11 is 0. The van der Waals surface area contributed by atoms with E-state index in [2.05, 4.69) is 0 Å². The normalized spacial score (nSPS) is 16.7. The van der Waals surface area contributed by atoms with Gasteiger partial charge in [0.2, 0.25) is 0 Å². The Morgan fingerprint density at radius 2 is 1.00 bits per heavy atom. The van der Waals surface area contributed by atoms with Crippen molar-refractivity contribution in [1.82, 2.24) is 4.90 Å². The summed E-state index contributed by atoms with van der Waals surface area (Å²) in [5, 5.41) is 28.6. The molecule has 0 aliphatic heterocycles. The third kappa shape index (κ3) is 10.8. The highest BCUT2D eigenvalue weighted by atomic mass is 32.3. The van der Waals surface area contributed by atoms with E-state index >= 15 is 0 Å². The number of aliphatic hydroxyl groups excluding tert-OH is 3. The van der Waals surface area contributed by atoms with Crippen LogP contribution in [0, 0.1) is 0 Å². The average Bonchev–Trinajstić information content (AvgIpc) is 2.26. The lowest BCUT2D eigenvalue weighted by molar-refractivity contribution is -0.180. The SMILES string of the molecule is CCC(O)N(C(O)CC)C(O)CC.O=S(=O)(O)O. The van der Waals surface area contributed by atoms with Gasteiger partial charge in [0.05, 0.1) is 0 Å². The molecule has 0 aliphatic rings. The van der Waals surface area contributed by atoms with Crippen molar-refractivity contribution in [3.05, 3.63) is 0 Å². The summed E-state index contributed by atoms with van der Waals surface area (Å²) in [6.07, 6.45) is -0.837. The first-order valence-electron chi connectivity index (χ1n) is 5.59. The highest BCUT2D eigenvalue weighted by Gasteiger charge is 2.26. The number of nitrogens with zero attached hydrogens (tertiary/aromatic N) is 1. The Balaban J connectivity index is 0. The standard InChI is InChI=1S/C9H21NO3.H2O4S/c1-4-7(11)10(8(12)5-2)9(13)6-3;1-5(2,3)4/h7-9,11-13H,4-6H2,1-3H3;(H2,1,2,3,4). The van der Waals surface area contributed by atoms with Gasteiger partial charge in [-0.2, -0.15) is 8.42 Å². The number of aliphatic hydroxyl groups is 3. The molecule has 0 aromatic heterocycles. The molecule has 3 unspecified atom stereocenters. The van der Waals surface area contributed by atoms with Gasteiger partial charge >= 0.3 is 10.4 Å². The van der Waals surface area contributed by atoms with Crippen LogP contribution >= 0.6 is 0 Å². The van der Waals surface area contributed by atoms with Crippen molar-refractivity contribution in [1.29, 1.82) is 0 Å². The molecule has 0 spiro atoms. The maximum Gasteiger partial charge on any atom is 0.394 e. The largest absolute Gasteiger partial charge is 0.394 e. The second-order valence-corrected chi connectivity index (χ2v) is 4.46. The van der Waals surface area contributed by atoms with Crippen molar-refractivity contribution >= 4 is 10.4 Å². The van der Waals surface area contributed by atoms with Crippen LogP contribution in [0.5, 0.6) is 0 Å². The van der Waals surface area contributed by atoms with Crippen molar-refractivity contribution in [2.24, 2.45) is 0 Å². The van der Waals surface area contributed by atoms with Crippen molar-refractivity contribution in [3.63, 3.8) is 0 Å². The van der Waals surface area contributed by atoms with Crippen molar-refractivity contribution in [2.75, 3.05) is 0 Å². The average molecular weight is 289 g/mol. The van der Waals surface area contributed by atoms with Crippen molar-refractivity contribution in [3.8, 4) is 0 Å². The van der Waals surface area contributed by atoms with Crippen LogP contribution < -0.4 is 0 Å². The molecule has 0 rings (SSSR count). The van der Waals surface area contributed by atoms with Gasteiger partial charge in [0, 0.05) is 0 Å². The molecule has 0 aromatic rings. The van der Waals surface area contributed by atoms with Gasteiger partial charge in [-0.15, -0.1) is 0 Å². The van der Waals surface area contributed by atoms with Crippen LogP contribution in [0.3, 0.4) is 0 Å². The molecule has 18 heavy (non-hydrogen) atoms. The summed E-state index contributed by atoms with van der Waals surface area (Å²) in [5.41, 5.74) is 0. The molecule has 0 fully saturated rings. The quantitative estimate of drug-likeness (QED) is 0.335. The fourth-order valence-corrected chi connectivity index (χ4v) is 1.23. The first kappa shape index (κ1) is 20.0. The van der Waals surface area contributed by atoms with Crippen molar-refractivity contribution < 1.29 is 32.8 Å². The highest BCUT2D eigenvalue weighted by Crippen LogP contribution is 2.13. The zero-order valence-corrected chi connectivity index (χ0v) is 11.6. The fraction of sp³-hybridized carbons (Fsp3) is 1.00. The molecule has 0 radical (unpaired) electrons. The van der Waals surface area contributed by atoms with Gasteiger partial charge in [0.25, 0.3) is 0 Å². The third-order valence-corrected chi connectivity index (χ3v) is 2.13. The van der Waals surface area contributed by atoms with Crippen LogP contribution in [-0.2, 0) is 10.4 Å². The van der Waals surface area contributed by atoms with E-state index in [0.717, 1.165) is 0 Å².